The summed E-state index contributed by atoms with van der Waals surface area (Å²) in [6.45, 7) is 1.81. The zero-order chi connectivity index (χ0) is 8.85. The van der Waals surface area contributed by atoms with Gasteiger partial charge in [-0.15, -0.1) is 0 Å². The second-order valence-electron chi connectivity index (χ2n) is 2.01. The molecule has 0 aromatic rings. The quantitative estimate of drug-likeness (QED) is 0.589. The van der Waals surface area contributed by atoms with Crippen LogP contribution in [0.4, 0.5) is 0 Å². The van der Waals surface area contributed by atoms with Gasteiger partial charge in [0.15, 0.2) is 0 Å². The van der Waals surface area contributed by atoms with Gasteiger partial charge in [-0.2, -0.15) is 0 Å². The van der Waals surface area contributed by atoms with Crippen molar-refractivity contribution in [1.29, 1.82) is 0 Å². The minimum atomic E-state index is -0.197. The number of methoxy groups -OCH3 is 1. The van der Waals surface area contributed by atoms with Crippen molar-refractivity contribution in [2.45, 2.75) is 19.8 Å². The first-order valence-electron chi connectivity index (χ1n) is 3.15. The Bertz CT molecular complexity index is 173. The lowest BCUT2D eigenvalue weighted by Crippen LogP contribution is -1.99. The number of ether oxygens (including phenoxy) is 1. The van der Waals surface area contributed by atoms with Gasteiger partial charge in [0.05, 0.1) is 13.5 Å². The van der Waals surface area contributed by atoms with Crippen molar-refractivity contribution < 1.29 is 9.53 Å². The van der Waals surface area contributed by atoms with Crippen LogP contribution in [-0.4, -0.2) is 13.1 Å². The molecule has 0 aliphatic heterocycles. The second kappa shape index (κ2) is 5.83. The van der Waals surface area contributed by atoms with Crippen LogP contribution in [0.5, 0.6) is 0 Å². The van der Waals surface area contributed by atoms with Crippen molar-refractivity contribution in [2.24, 2.45) is 0 Å². The third-order valence-corrected chi connectivity index (χ3v) is 3.05. The fourth-order valence-corrected chi connectivity index (χ4v) is 0.850. The maximum Gasteiger partial charge on any atom is 0.305 e. The highest BCUT2D eigenvalue weighted by Crippen LogP contribution is 2.20. The van der Waals surface area contributed by atoms with Crippen LogP contribution in [-0.2, 0) is 9.53 Å². The molecule has 0 rings (SSSR count). The van der Waals surface area contributed by atoms with Crippen LogP contribution in [0.15, 0.2) is 8.61 Å². The molecule has 0 aliphatic carbocycles. The Kier molecular flexibility index (Phi) is 5.95. The van der Waals surface area contributed by atoms with Crippen molar-refractivity contribution in [3.8, 4) is 0 Å². The van der Waals surface area contributed by atoms with Crippen LogP contribution >= 0.6 is 34.2 Å². The van der Waals surface area contributed by atoms with Crippen LogP contribution in [0.2, 0.25) is 0 Å². The summed E-state index contributed by atoms with van der Waals surface area (Å²) >= 11 is 7.80. The van der Waals surface area contributed by atoms with E-state index in [2.05, 4.69) is 27.3 Å². The molecule has 0 unspecified atom stereocenters. The van der Waals surface area contributed by atoms with E-state index in [9.17, 15) is 4.79 Å². The van der Waals surface area contributed by atoms with Gasteiger partial charge in [0.2, 0.25) is 0 Å². The van der Waals surface area contributed by atoms with Gasteiger partial charge < -0.3 is 4.74 Å². The molecule has 64 valence electrons. The summed E-state index contributed by atoms with van der Waals surface area (Å²) in [7, 11) is 1.38. The van der Waals surface area contributed by atoms with Crippen LogP contribution in [0.25, 0.3) is 0 Å². The summed E-state index contributed by atoms with van der Waals surface area (Å²) in [6.07, 6.45) is 1.07. The van der Waals surface area contributed by atoms with Gasteiger partial charge in [-0.1, -0.05) is 11.6 Å². The Labute approximate surface area is 85.1 Å². The van der Waals surface area contributed by atoms with Crippen molar-refractivity contribution >= 4 is 40.2 Å². The van der Waals surface area contributed by atoms with Gasteiger partial charge in [-0.3, -0.25) is 4.79 Å². The molecule has 0 amide bonds. The minimum absolute atomic E-state index is 0.197. The third-order valence-electron chi connectivity index (χ3n) is 1.15. The standard InChI is InChI=1S/C7H10ClIO2/c1-5(8)6(9)3-4-7(10)11-2/h3-4H2,1-2H3/b6-5+. The van der Waals surface area contributed by atoms with E-state index >= 15 is 0 Å². The second-order valence-corrected chi connectivity index (χ2v) is 3.88. The molecule has 0 aromatic heterocycles. The average Bonchev–Trinajstić information content (AvgIpc) is 1.99. The molecule has 0 fully saturated rings. The zero-order valence-corrected chi connectivity index (χ0v) is 9.40. The van der Waals surface area contributed by atoms with Gasteiger partial charge in [0, 0.05) is 8.61 Å². The summed E-state index contributed by atoms with van der Waals surface area (Å²) < 4.78 is 5.48. The predicted molar refractivity (Wildman–Crippen MR) is 53.8 cm³/mol. The summed E-state index contributed by atoms with van der Waals surface area (Å²) in [5, 5.41) is 0.745. The fourth-order valence-electron chi connectivity index (χ4n) is 0.486. The van der Waals surface area contributed by atoms with E-state index in [1.54, 1.807) is 6.92 Å². The number of carbonyl (C=O) groups is 1. The smallest absolute Gasteiger partial charge is 0.305 e. The molecule has 2 nitrogen and oxygen atoms in total. The number of hydrogen-bond donors (Lipinski definition) is 0. The molecule has 0 aromatic carbocycles. The Hall–Kier alpha value is 0.230. The van der Waals surface area contributed by atoms with E-state index in [0.29, 0.717) is 12.8 Å². The lowest BCUT2D eigenvalue weighted by molar-refractivity contribution is -0.140. The molecule has 0 saturated carbocycles. The van der Waals surface area contributed by atoms with E-state index in [1.165, 1.54) is 7.11 Å². The molecule has 0 bridgehead atoms. The van der Waals surface area contributed by atoms with Gasteiger partial charge in [-0.25, -0.2) is 0 Å². The Morgan fingerprint density at radius 3 is 2.45 bits per heavy atom. The van der Waals surface area contributed by atoms with Crippen LogP contribution in [0, 0.1) is 0 Å². The molecule has 0 heterocycles. The first kappa shape index (κ1) is 11.2. The Morgan fingerprint density at radius 2 is 2.09 bits per heavy atom. The zero-order valence-electron chi connectivity index (χ0n) is 6.49. The highest BCUT2D eigenvalue weighted by molar-refractivity contribution is 14.1. The first-order valence-corrected chi connectivity index (χ1v) is 4.61. The summed E-state index contributed by atoms with van der Waals surface area (Å²) in [5.41, 5.74) is 0. The van der Waals surface area contributed by atoms with Gasteiger partial charge in [0.1, 0.15) is 0 Å². The molecule has 0 saturated heterocycles. The lowest BCUT2D eigenvalue weighted by Gasteiger charge is -1.98. The molecule has 0 radical (unpaired) electrons. The van der Waals surface area contributed by atoms with E-state index in [4.69, 9.17) is 11.6 Å². The lowest BCUT2D eigenvalue weighted by atomic mass is 10.3. The van der Waals surface area contributed by atoms with E-state index in [0.717, 1.165) is 8.61 Å². The number of allylic oxidation sites excluding steroid dienone is 2. The highest BCUT2D eigenvalue weighted by Gasteiger charge is 2.02. The van der Waals surface area contributed by atoms with Crippen molar-refractivity contribution in [2.75, 3.05) is 7.11 Å². The summed E-state index contributed by atoms with van der Waals surface area (Å²) in [5.74, 6) is -0.197. The summed E-state index contributed by atoms with van der Waals surface area (Å²) in [6, 6.07) is 0. The third kappa shape index (κ3) is 5.49. The first-order chi connectivity index (χ1) is 5.07. The summed E-state index contributed by atoms with van der Waals surface area (Å²) in [4.78, 5) is 10.6. The molecule has 0 aliphatic rings. The van der Waals surface area contributed by atoms with E-state index in [1.807, 2.05) is 0 Å². The monoisotopic (exact) mass is 288 g/mol. The average molecular weight is 289 g/mol. The van der Waals surface area contributed by atoms with Crippen molar-refractivity contribution in [3.05, 3.63) is 8.61 Å². The number of rotatable bonds is 3. The highest BCUT2D eigenvalue weighted by atomic mass is 127. The maximum atomic E-state index is 10.6. The van der Waals surface area contributed by atoms with E-state index in [-0.39, 0.29) is 5.97 Å². The molecule has 4 heteroatoms. The van der Waals surface area contributed by atoms with Crippen LogP contribution < -0.4 is 0 Å². The number of esters is 1. The SMILES string of the molecule is COC(=O)CC/C(I)=C(/C)Cl. The maximum absolute atomic E-state index is 10.6. The molecule has 0 atom stereocenters. The van der Waals surface area contributed by atoms with Gasteiger partial charge in [-0.05, 0) is 35.9 Å². The van der Waals surface area contributed by atoms with Crippen LogP contribution in [0.1, 0.15) is 19.8 Å². The van der Waals surface area contributed by atoms with Crippen molar-refractivity contribution in [1.82, 2.24) is 0 Å². The molecule has 0 spiro atoms. The topological polar surface area (TPSA) is 26.3 Å². The molecular formula is C7H10ClIO2. The fraction of sp³-hybridized carbons (Fsp3) is 0.571. The molecule has 11 heavy (non-hydrogen) atoms. The Balaban J connectivity index is 3.72. The number of hydrogen-bond acceptors (Lipinski definition) is 2. The molecular weight excluding hydrogens is 278 g/mol. The predicted octanol–water partition coefficient (Wildman–Crippen LogP) is 2.84. The molecule has 0 N–H and O–H groups in total. The number of halogens is 2. The van der Waals surface area contributed by atoms with Gasteiger partial charge >= 0.3 is 5.97 Å². The van der Waals surface area contributed by atoms with Crippen LogP contribution in [0.3, 0.4) is 0 Å². The minimum Gasteiger partial charge on any atom is -0.469 e. The number of carbonyl (C=O) groups excluding carboxylic acids is 1. The Morgan fingerprint density at radius 1 is 1.55 bits per heavy atom. The normalized spacial score (nSPS) is 12.4. The van der Waals surface area contributed by atoms with E-state index < -0.39 is 0 Å². The largest absolute Gasteiger partial charge is 0.469 e. The van der Waals surface area contributed by atoms with Gasteiger partial charge in [0.25, 0.3) is 0 Å². The van der Waals surface area contributed by atoms with Crippen molar-refractivity contribution in [3.63, 3.8) is 0 Å².